The van der Waals surface area contributed by atoms with E-state index in [1.165, 1.54) is 36.8 Å². The van der Waals surface area contributed by atoms with Gasteiger partial charge in [0.15, 0.2) is 0 Å². The molecule has 1 aliphatic carbocycles. The van der Waals surface area contributed by atoms with Crippen molar-refractivity contribution in [3.8, 4) is 0 Å². The Morgan fingerprint density at radius 2 is 1.94 bits per heavy atom. The van der Waals surface area contributed by atoms with Crippen molar-refractivity contribution < 1.29 is 0 Å². The van der Waals surface area contributed by atoms with E-state index in [4.69, 9.17) is 0 Å². The lowest BCUT2D eigenvalue weighted by Gasteiger charge is -2.19. The van der Waals surface area contributed by atoms with E-state index in [1.807, 2.05) is 11.8 Å². The van der Waals surface area contributed by atoms with Crippen LogP contribution in [-0.4, -0.2) is 17.5 Å². The van der Waals surface area contributed by atoms with E-state index in [0.29, 0.717) is 10.8 Å². The number of thioether (sulfide) groups is 1. The van der Waals surface area contributed by atoms with Crippen LogP contribution in [-0.2, 0) is 6.42 Å². The van der Waals surface area contributed by atoms with Gasteiger partial charge in [0.1, 0.15) is 0 Å². The number of rotatable bonds is 7. The first-order valence-electron chi connectivity index (χ1n) is 7.06. The molecule has 0 aromatic heterocycles. The molecule has 18 heavy (non-hydrogen) atoms. The molecule has 0 radical (unpaired) electrons. The molecule has 1 aromatic carbocycles. The van der Waals surface area contributed by atoms with Crippen molar-refractivity contribution in [2.24, 2.45) is 0 Å². The van der Waals surface area contributed by atoms with Crippen LogP contribution >= 0.6 is 11.8 Å². The van der Waals surface area contributed by atoms with Crippen LogP contribution in [0.4, 0.5) is 0 Å². The summed E-state index contributed by atoms with van der Waals surface area (Å²) in [7, 11) is 0. The van der Waals surface area contributed by atoms with Crippen LogP contribution in [0.2, 0.25) is 0 Å². The Kier molecular flexibility index (Phi) is 4.74. The Bertz CT molecular complexity index is 367. The Balaban J connectivity index is 1.86. The number of aryl methyl sites for hydroxylation is 1. The van der Waals surface area contributed by atoms with E-state index in [-0.39, 0.29) is 0 Å². The van der Waals surface area contributed by atoms with Crippen molar-refractivity contribution in [1.82, 2.24) is 5.32 Å². The third-order valence-corrected chi connectivity index (χ3v) is 5.41. The molecule has 1 atom stereocenters. The van der Waals surface area contributed by atoms with E-state index < -0.39 is 0 Å². The third-order valence-electron chi connectivity index (χ3n) is 3.99. The first-order valence-corrected chi connectivity index (χ1v) is 8.29. The maximum Gasteiger partial charge on any atom is 0.0292 e. The monoisotopic (exact) mass is 263 g/mol. The molecule has 2 heteroatoms. The highest BCUT2D eigenvalue weighted by molar-refractivity contribution is 8.00. The summed E-state index contributed by atoms with van der Waals surface area (Å²) in [6.45, 7) is 5.65. The summed E-state index contributed by atoms with van der Waals surface area (Å²) in [6, 6.07) is 9.57. The van der Waals surface area contributed by atoms with Crippen molar-refractivity contribution in [1.29, 1.82) is 0 Å². The summed E-state index contributed by atoms with van der Waals surface area (Å²) in [6.07, 6.45) is 7.41. The topological polar surface area (TPSA) is 12.0 Å². The van der Waals surface area contributed by atoms with Gasteiger partial charge in [-0.1, -0.05) is 37.6 Å². The maximum atomic E-state index is 3.68. The molecular formula is C16H25NS. The molecule has 0 bridgehead atoms. The van der Waals surface area contributed by atoms with Gasteiger partial charge < -0.3 is 5.32 Å². The second-order valence-electron chi connectivity index (χ2n) is 5.48. The molecule has 0 amide bonds. The van der Waals surface area contributed by atoms with E-state index in [0.717, 1.165) is 6.54 Å². The smallest absolute Gasteiger partial charge is 0.0292 e. The first-order chi connectivity index (χ1) is 8.69. The first kappa shape index (κ1) is 14.0. The van der Waals surface area contributed by atoms with Crippen LogP contribution in [0.25, 0.3) is 0 Å². The zero-order chi connectivity index (χ0) is 13.0. The lowest BCUT2D eigenvalue weighted by atomic mass is 10.0. The summed E-state index contributed by atoms with van der Waals surface area (Å²) in [5, 5.41) is 3.68. The minimum Gasteiger partial charge on any atom is -0.309 e. The summed E-state index contributed by atoms with van der Waals surface area (Å²) < 4.78 is 0.552. The molecule has 100 valence electrons. The SMILES string of the molecule is CCCc1ccc(C(C)NCC2(SC)CC2)cc1. The summed E-state index contributed by atoms with van der Waals surface area (Å²) in [5.41, 5.74) is 2.86. The second kappa shape index (κ2) is 6.12. The molecule has 1 aromatic rings. The van der Waals surface area contributed by atoms with Gasteiger partial charge in [-0.2, -0.15) is 11.8 Å². The van der Waals surface area contributed by atoms with Crippen LogP contribution in [0, 0.1) is 0 Å². The van der Waals surface area contributed by atoms with Gasteiger partial charge >= 0.3 is 0 Å². The van der Waals surface area contributed by atoms with Crippen molar-refractivity contribution in [3.05, 3.63) is 35.4 Å². The standard InChI is InChI=1S/C16H25NS/c1-4-5-14-6-8-15(9-7-14)13(2)17-12-16(18-3)10-11-16/h6-9,13,17H,4-5,10-12H2,1-3H3. The Hall–Kier alpha value is -0.470. The number of benzene rings is 1. The quantitative estimate of drug-likeness (QED) is 0.792. The van der Waals surface area contributed by atoms with Gasteiger partial charge in [-0.3, -0.25) is 0 Å². The zero-order valence-corrected chi connectivity index (χ0v) is 12.6. The zero-order valence-electron chi connectivity index (χ0n) is 11.8. The van der Waals surface area contributed by atoms with Crippen LogP contribution < -0.4 is 5.32 Å². The van der Waals surface area contributed by atoms with Gasteiger partial charge in [0.2, 0.25) is 0 Å². The van der Waals surface area contributed by atoms with Crippen LogP contribution in [0.5, 0.6) is 0 Å². The van der Waals surface area contributed by atoms with E-state index in [9.17, 15) is 0 Å². The third kappa shape index (κ3) is 3.52. The molecule has 1 aliphatic rings. The van der Waals surface area contributed by atoms with E-state index in [2.05, 4.69) is 49.7 Å². The number of hydrogen-bond donors (Lipinski definition) is 1. The van der Waals surface area contributed by atoms with E-state index in [1.54, 1.807) is 0 Å². The molecule has 1 unspecified atom stereocenters. The molecule has 0 saturated heterocycles. The normalized spacial score (nSPS) is 18.6. The Morgan fingerprint density at radius 1 is 1.28 bits per heavy atom. The van der Waals surface area contributed by atoms with Crippen molar-refractivity contribution in [2.45, 2.75) is 50.3 Å². The van der Waals surface area contributed by atoms with Crippen molar-refractivity contribution in [2.75, 3.05) is 12.8 Å². The fourth-order valence-corrected chi connectivity index (χ4v) is 3.05. The largest absolute Gasteiger partial charge is 0.309 e. The highest BCUT2D eigenvalue weighted by Gasteiger charge is 2.41. The summed E-state index contributed by atoms with van der Waals surface area (Å²) in [4.78, 5) is 0. The lowest BCUT2D eigenvalue weighted by Crippen LogP contribution is -2.28. The molecular weight excluding hydrogens is 238 g/mol. The minimum absolute atomic E-state index is 0.463. The summed E-state index contributed by atoms with van der Waals surface area (Å²) >= 11 is 2.02. The average Bonchev–Trinajstić information content (AvgIpc) is 3.18. The van der Waals surface area contributed by atoms with Gasteiger partial charge in [-0.15, -0.1) is 0 Å². The van der Waals surface area contributed by atoms with Gasteiger partial charge in [0, 0.05) is 17.3 Å². The lowest BCUT2D eigenvalue weighted by molar-refractivity contribution is 0.563. The molecule has 1 saturated carbocycles. The van der Waals surface area contributed by atoms with Crippen LogP contribution in [0.1, 0.15) is 50.3 Å². The van der Waals surface area contributed by atoms with Gasteiger partial charge in [0.05, 0.1) is 0 Å². The average molecular weight is 263 g/mol. The van der Waals surface area contributed by atoms with Crippen molar-refractivity contribution >= 4 is 11.8 Å². The predicted octanol–water partition coefficient (Wildman–Crippen LogP) is 4.19. The van der Waals surface area contributed by atoms with Gasteiger partial charge in [-0.05, 0) is 43.6 Å². The molecule has 0 spiro atoms. The van der Waals surface area contributed by atoms with Gasteiger partial charge in [-0.25, -0.2) is 0 Å². The fraction of sp³-hybridized carbons (Fsp3) is 0.625. The molecule has 0 heterocycles. The maximum absolute atomic E-state index is 3.68. The molecule has 1 N–H and O–H groups in total. The highest BCUT2D eigenvalue weighted by atomic mass is 32.2. The Labute approximate surface area is 116 Å². The second-order valence-corrected chi connectivity index (χ2v) is 6.76. The van der Waals surface area contributed by atoms with Crippen LogP contribution in [0.15, 0.2) is 24.3 Å². The van der Waals surface area contributed by atoms with E-state index >= 15 is 0 Å². The Morgan fingerprint density at radius 3 is 2.44 bits per heavy atom. The fourth-order valence-electron chi connectivity index (χ4n) is 2.31. The minimum atomic E-state index is 0.463. The van der Waals surface area contributed by atoms with Crippen LogP contribution in [0.3, 0.4) is 0 Å². The van der Waals surface area contributed by atoms with Crippen molar-refractivity contribution in [3.63, 3.8) is 0 Å². The van der Waals surface area contributed by atoms with Gasteiger partial charge in [0.25, 0.3) is 0 Å². The number of hydrogen-bond acceptors (Lipinski definition) is 2. The molecule has 1 fully saturated rings. The highest BCUT2D eigenvalue weighted by Crippen LogP contribution is 2.46. The molecule has 2 rings (SSSR count). The molecule has 0 aliphatic heterocycles. The summed E-state index contributed by atoms with van der Waals surface area (Å²) in [5.74, 6) is 0. The molecule has 1 nitrogen and oxygen atoms in total. The number of nitrogens with one attached hydrogen (secondary N) is 1. The predicted molar refractivity (Wildman–Crippen MR) is 82.3 cm³/mol.